The maximum atomic E-state index is 14.4. The highest BCUT2D eigenvalue weighted by Gasteiger charge is 2.44. The van der Waals surface area contributed by atoms with Crippen molar-refractivity contribution < 1.29 is 38.1 Å². The molecular formula is C48H59ClN8O8. The molecule has 16 nitrogen and oxygen atoms in total. The number of imidazole rings is 2. The first-order valence-corrected chi connectivity index (χ1v) is 22.7. The number of carbonyl (C=O) groups is 4. The molecular weight excluding hydrogens is 852 g/mol. The number of amides is 4. The lowest BCUT2D eigenvalue weighted by molar-refractivity contribution is -0.144. The number of carbonyl (C=O) groups excluding carboxylic acids is 4. The van der Waals surface area contributed by atoms with Crippen LogP contribution in [0.25, 0.3) is 44.2 Å². The van der Waals surface area contributed by atoms with Crippen LogP contribution in [0, 0.1) is 5.92 Å². The van der Waals surface area contributed by atoms with Gasteiger partial charge in [-0.1, -0.05) is 43.6 Å². The summed E-state index contributed by atoms with van der Waals surface area (Å²) in [6, 6.07) is 11.7. The molecule has 0 spiro atoms. The smallest absolute Gasteiger partial charge is 0.407 e. The first kappa shape index (κ1) is 45.7. The Morgan fingerprint density at radius 1 is 0.800 bits per heavy atom. The minimum Gasteiger partial charge on any atom is -0.488 e. The van der Waals surface area contributed by atoms with Crippen molar-refractivity contribution in [2.45, 2.75) is 136 Å². The van der Waals surface area contributed by atoms with Gasteiger partial charge in [0.15, 0.2) is 0 Å². The molecule has 346 valence electrons. The number of aromatic nitrogens is 4. The number of rotatable bonds is 10. The summed E-state index contributed by atoms with van der Waals surface area (Å²) >= 11 is 6.86. The van der Waals surface area contributed by atoms with Crippen LogP contribution >= 0.6 is 11.6 Å². The number of hydrogen-bond donors (Lipinski definition) is 4. The summed E-state index contributed by atoms with van der Waals surface area (Å²) in [5, 5.41) is 7.70. The van der Waals surface area contributed by atoms with Crippen LogP contribution in [0.4, 0.5) is 9.59 Å². The van der Waals surface area contributed by atoms with Gasteiger partial charge in [0.05, 0.1) is 49.0 Å². The van der Waals surface area contributed by atoms with Crippen molar-refractivity contribution in [3.8, 4) is 28.1 Å². The van der Waals surface area contributed by atoms with Gasteiger partial charge in [0.25, 0.3) is 0 Å². The zero-order valence-electron chi connectivity index (χ0n) is 38.6. The molecule has 0 unspecified atom stereocenters. The summed E-state index contributed by atoms with van der Waals surface area (Å²) < 4.78 is 22.3. The van der Waals surface area contributed by atoms with Gasteiger partial charge in [-0.25, -0.2) is 19.6 Å². The predicted molar refractivity (Wildman–Crippen MR) is 246 cm³/mol. The fraction of sp³-hybridized carbons (Fsp3) is 0.500. The number of alkyl carbamates (subject to hydrolysis) is 2. The van der Waals surface area contributed by atoms with E-state index in [-0.39, 0.29) is 41.9 Å². The number of aromatic amines is 2. The summed E-state index contributed by atoms with van der Waals surface area (Å²) in [4.78, 5) is 73.4. The van der Waals surface area contributed by atoms with Gasteiger partial charge < -0.3 is 49.3 Å². The maximum Gasteiger partial charge on any atom is 0.407 e. The van der Waals surface area contributed by atoms with Gasteiger partial charge in [0, 0.05) is 28.6 Å². The van der Waals surface area contributed by atoms with Crippen LogP contribution in [0.15, 0.2) is 42.5 Å². The molecule has 0 aliphatic carbocycles. The van der Waals surface area contributed by atoms with E-state index in [9.17, 15) is 19.2 Å². The minimum atomic E-state index is -0.975. The van der Waals surface area contributed by atoms with E-state index in [4.69, 9.17) is 40.5 Å². The average molecular weight is 912 g/mol. The second kappa shape index (κ2) is 17.8. The summed E-state index contributed by atoms with van der Waals surface area (Å²) in [7, 11) is 2.55. The van der Waals surface area contributed by atoms with Gasteiger partial charge in [0.2, 0.25) is 11.8 Å². The van der Waals surface area contributed by atoms with E-state index < -0.39 is 36.0 Å². The van der Waals surface area contributed by atoms with E-state index >= 15 is 0 Å². The topological polar surface area (TPSA) is 193 Å². The van der Waals surface area contributed by atoms with E-state index in [1.54, 1.807) is 11.8 Å². The third kappa shape index (κ3) is 8.82. The zero-order chi connectivity index (χ0) is 46.6. The number of ether oxygens (including phenoxy) is 4. The van der Waals surface area contributed by atoms with Crippen molar-refractivity contribution in [1.82, 2.24) is 40.4 Å². The highest BCUT2D eigenvalue weighted by atomic mass is 35.5. The number of nitrogens with zero attached hydrogens (tertiary/aromatic N) is 4. The molecule has 0 bridgehead atoms. The summed E-state index contributed by atoms with van der Waals surface area (Å²) in [6.45, 7) is 15.6. The van der Waals surface area contributed by atoms with Gasteiger partial charge >= 0.3 is 12.2 Å². The van der Waals surface area contributed by atoms with Gasteiger partial charge in [0.1, 0.15) is 46.9 Å². The second-order valence-corrected chi connectivity index (χ2v) is 19.3. The number of benzene rings is 3. The van der Waals surface area contributed by atoms with Gasteiger partial charge in [-0.2, -0.15) is 0 Å². The van der Waals surface area contributed by atoms with Crippen molar-refractivity contribution in [2.75, 3.05) is 14.2 Å². The molecule has 3 aliphatic rings. The molecule has 2 fully saturated rings. The predicted octanol–water partition coefficient (Wildman–Crippen LogP) is 8.73. The Kier molecular flexibility index (Phi) is 12.5. The van der Waals surface area contributed by atoms with Gasteiger partial charge in [-0.15, -0.1) is 0 Å². The first-order valence-electron chi connectivity index (χ1n) is 22.4. The van der Waals surface area contributed by atoms with Crippen molar-refractivity contribution in [2.24, 2.45) is 5.92 Å². The number of fused-ring (bicyclic) bond motifs is 6. The Balaban J connectivity index is 1.06. The molecule has 5 aromatic rings. The third-order valence-corrected chi connectivity index (χ3v) is 13.2. The van der Waals surface area contributed by atoms with Crippen LogP contribution in [0.3, 0.4) is 0 Å². The summed E-state index contributed by atoms with van der Waals surface area (Å²) in [5.74, 6) is 1.36. The Labute approximate surface area is 383 Å². The van der Waals surface area contributed by atoms with Gasteiger partial charge in [-0.05, 0) is 114 Å². The highest BCUT2D eigenvalue weighted by Crippen LogP contribution is 2.45. The van der Waals surface area contributed by atoms with Crippen LogP contribution in [0.5, 0.6) is 5.75 Å². The molecule has 7 atom stereocenters. The lowest BCUT2D eigenvalue weighted by atomic mass is 9.92. The SMILES string of the molecule is COC(=O)N[C@H](C(=O)N1[C@@H](C)CC[C@H]1c1nc(-c2ccc3c(c2)COc2cc4c(ccc5[nH]c([C@@H]6CC[C@H](C)N6C(=O)[C@@H](NC(=O)OC)[C@@H](C)OC(C)(C)C)nc54)cc2-3)c(Cl)[nH]1)C(C)C. The Morgan fingerprint density at radius 2 is 1.42 bits per heavy atom. The second-order valence-electron chi connectivity index (χ2n) is 18.9. The molecule has 8 rings (SSSR count). The molecule has 0 saturated carbocycles. The number of likely N-dealkylation sites (tertiary alicyclic amines) is 2. The van der Waals surface area contributed by atoms with Crippen LogP contribution in [0.1, 0.15) is 110 Å². The lowest BCUT2D eigenvalue weighted by Crippen LogP contribution is -2.56. The Hall–Kier alpha value is -5.87. The average Bonchev–Trinajstić information content (AvgIpc) is 4.07. The van der Waals surface area contributed by atoms with Crippen LogP contribution in [-0.2, 0) is 30.4 Å². The van der Waals surface area contributed by atoms with Crippen molar-refractivity contribution in [3.63, 3.8) is 0 Å². The molecule has 2 saturated heterocycles. The van der Waals surface area contributed by atoms with E-state index in [0.29, 0.717) is 41.9 Å². The highest BCUT2D eigenvalue weighted by molar-refractivity contribution is 6.32. The largest absolute Gasteiger partial charge is 0.488 e. The van der Waals surface area contributed by atoms with E-state index in [1.165, 1.54) is 14.2 Å². The van der Waals surface area contributed by atoms with E-state index in [2.05, 4.69) is 38.8 Å². The molecule has 17 heteroatoms. The Morgan fingerprint density at radius 3 is 2.03 bits per heavy atom. The van der Waals surface area contributed by atoms with E-state index in [1.807, 2.05) is 77.6 Å². The van der Waals surface area contributed by atoms with Crippen LogP contribution in [-0.4, -0.2) is 104 Å². The fourth-order valence-corrected chi connectivity index (χ4v) is 10.0. The molecule has 4 N–H and O–H groups in total. The number of hydrogen-bond acceptors (Lipinski definition) is 10. The molecule has 2 aromatic heterocycles. The molecule has 3 aromatic carbocycles. The molecule has 0 radical (unpaired) electrons. The zero-order valence-corrected chi connectivity index (χ0v) is 39.4. The molecule has 3 aliphatic heterocycles. The Bertz CT molecular complexity index is 2650. The molecule has 65 heavy (non-hydrogen) atoms. The molecule has 4 amide bonds. The number of methoxy groups -OCH3 is 2. The summed E-state index contributed by atoms with van der Waals surface area (Å²) in [6.07, 6.45) is 0.925. The lowest BCUT2D eigenvalue weighted by Gasteiger charge is -2.35. The van der Waals surface area contributed by atoms with Crippen LogP contribution < -0.4 is 15.4 Å². The fourth-order valence-electron chi connectivity index (χ4n) is 9.79. The number of H-pyrrole nitrogens is 2. The maximum absolute atomic E-state index is 14.4. The molecule has 5 heterocycles. The number of halogens is 1. The van der Waals surface area contributed by atoms with Crippen molar-refractivity contribution in [3.05, 3.63) is 64.8 Å². The third-order valence-electron chi connectivity index (χ3n) is 12.9. The van der Waals surface area contributed by atoms with Crippen molar-refractivity contribution in [1.29, 1.82) is 0 Å². The van der Waals surface area contributed by atoms with Crippen molar-refractivity contribution >= 4 is 57.4 Å². The summed E-state index contributed by atoms with van der Waals surface area (Å²) in [5.41, 5.74) is 5.38. The van der Waals surface area contributed by atoms with Crippen LogP contribution in [0.2, 0.25) is 5.15 Å². The normalized spacial score (nSPS) is 20.9. The quantitative estimate of drug-likeness (QED) is 0.105. The minimum absolute atomic E-state index is 0.0691. The first-order chi connectivity index (χ1) is 30.9. The number of nitrogens with one attached hydrogen (secondary N) is 4. The van der Waals surface area contributed by atoms with E-state index in [0.717, 1.165) is 62.7 Å². The monoisotopic (exact) mass is 910 g/mol. The standard InChI is InChI=1S/C48H59ClN8O8/c1-23(2)37(53-46(60)62-9)44(58)56-24(3)12-18-35(56)43-51-39(41(49)55-43)28-13-15-30-29(19-28)22-64-36-21-31-27(20-32(30)36)14-16-33-40(31)52-42(50-33)34-17-11-25(4)57(34)45(59)38(54-47(61)63-10)26(5)65-48(6,7)8/h13-16,19-21,23-26,34-35,37-38H,11-12,17-18,22H2,1-10H3,(H,50,52)(H,51,55)(H,53,60)(H,54,61)/t24-,25-,26+,34-,35-,37-,38-/m0/s1. The van der Waals surface area contributed by atoms with Gasteiger partial charge in [-0.3, -0.25) is 9.59 Å².